The summed E-state index contributed by atoms with van der Waals surface area (Å²) in [5.41, 5.74) is 2.40. The summed E-state index contributed by atoms with van der Waals surface area (Å²) in [6.07, 6.45) is 1.65. The standard InChI is InChI=1S/C19H14BrClN2O3S/c1-11-2-4-12(5-3-11)8-16-18(25)23(19(26)27-16)10-17(24)22-13-6-7-14(20)15(21)9-13/h2-9H,10H2,1H3,(H,22,24)/b16-8+. The van der Waals surface area contributed by atoms with Gasteiger partial charge in [0, 0.05) is 10.2 Å². The molecule has 1 N–H and O–H groups in total. The minimum absolute atomic E-state index is 0.295. The fraction of sp³-hybridized carbons (Fsp3) is 0.105. The Morgan fingerprint density at radius 2 is 1.93 bits per heavy atom. The Labute approximate surface area is 173 Å². The number of hydrogen-bond donors (Lipinski definition) is 1. The molecular formula is C19H14BrClN2O3S. The van der Waals surface area contributed by atoms with E-state index in [-0.39, 0.29) is 6.54 Å². The average Bonchev–Trinajstić information content (AvgIpc) is 2.87. The molecule has 1 aliphatic heterocycles. The second-order valence-electron chi connectivity index (χ2n) is 5.86. The number of halogens is 2. The first kappa shape index (κ1) is 19.7. The van der Waals surface area contributed by atoms with Crippen molar-refractivity contribution in [2.75, 3.05) is 11.9 Å². The highest BCUT2D eigenvalue weighted by atomic mass is 79.9. The van der Waals surface area contributed by atoms with E-state index >= 15 is 0 Å². The molecule has 1 heterocycles. The summed E-state index contributed by atoms with van der Waals surface area (Å²) < 4.78 is 0.703. The summed E-state index contributed by atoms with van der Waals surface area (Å²) in [4.78, 5) is 38.1. The number of hydrogen-bond acceptors (Lipinski definition) is 4. The number of anilines is 1. The number of carbonyl (C=O) groups excluding carboxylic acids is 3. The van der Waals surface area contributed by atoms with Crippen molar-refractivity contribution in [2.24, 2.45) is 0 Å². The molecule has 2 aromatic rings. The SMILES string of the molecule is Cc1ccc(/C=C2/SC(=O)N(CC(=O)Nc3ccc(Br)c(Cl)c3)C2=O)cc1. The molecule has 0 spiro atoms. The lowest BCUT2D eigenvalue weighted by Gasteiger charge is -2.12. The van der Waals surface area contributed by atoms with Crippen molar-refractivity contribution in [1.29, 1.82) is 0 Å². The Kier molecular flexibility index (Phi) is 6.04. The van der Waals surface area contributed by atoms with Gasteiger partial charge in [0.15, 0.2) is 0 Å². The quantitative estimate of drug-likeness (QED) is 0.639. The van der Waals surface area contributed by atoms with Gasteiger partial charge in [0.05, 0.1) is 9.93 Å². The van der Waals surface area contributed by atoms with Crippen LogP contribution in [-0.4, -0.2) is 28.5 Å². The smallest absolute Gasteiger partial charge is 0.294 e. The maximum atomic E-state index is 12.5. The molecule has 0 unspecified atom stereocenters. The molecule has 0 bridgehead atoms. The minimum atomic E-state index is -0.479. The second-order valence-corrected chi connectivity index (χ2v) is 8.11. The van der Waals surface area contributed by atoms with Crippen molar-refractivity contribution in [3.05, 3.63) is 68.0 Å². The number of carbonyl (C=O) groups is 3. The molecule has 0 radical (unpaired) electrons. The van der Waals surface area contributed by atoms with Crippen molar-refractivity contribution < 1.29 is 14.4 Å². The van der Waals surface area contributed by atoms with Gasteiger partial charge < -0.3 is 5.32 Å². The third kappa shape index (κ3) is 4.80. The van der Waals surface area contributed by atoms with E-state index in [1.807, 2.05) is 31.2 Å². The van der Waals surface area contributed by atoms with Crippen molar-refractivity contribution in [2.45, 2.75) is 6.92 Å². The fourth-order valence-electron chi connectivity index (χ4n) is 2.37. The Balaban J connectivity index is 1.68. The zero-order chi connectivity index (χ0) is 19.6. The Bertz CT molecular complexity index is 960. The van der Waals surface area contributed by atoms with Crippen molar-refractivity contribution in [1.82, 2.24) is 4.90 Å². The van der Waals surface area contributed by atoms with E-state index in [0.29, 0.717) is 20.1 Å². The van der Waals surface area contributed by atoms with Gasteiger partial charge in [-0.25, -0.2) is 0 Å². The van der Waals surface area contributed by atoms with Crippen molar-refractivity contribution >= 4 is 68.1 Å². The maximum Gasteiger partial charge on any atom is 0.294 e. The largest absolute Gasteiger partial charge is 0.324 e. The van der Waals surface area contributed by atoms with Gasteiger partial charge in [-0.1, -0.05) is 41.4 Å². The summed E-state index contributed by atoms with van der Waals surface area (Å²) in [5, 5.41) is 2.60. The molecule has 5 nitrogen and oxygen atoms in total. The van der Waals surface area contributed by atoms with Crippen LogP contribution in [0.2, 0.25) is 5.02 Å². The van der Waals surface area contributed by atoms with Crippen LogP contribution in [0.1, 0.15) is 11.1 Å². The Morgan fingerprint density at radius 1 is 1.22 bits per heavy atom. The van der Waals surface area contributed by atoms with Crippen LogP contribution < -0.4 is 5.32 Å². The number of benzene rings is 2. The van der Waals surface area contributed by atoms with Crippen LogP contribution in [0, 0.1) is 6.92 Å². The number of aryl methyl sites for hydroxylation is 1. The highest BCUT2D eigenvalue weighted by molar-refractivity contribution is 9.10. The molecule has 27 heavy (non-hydrogen) atoms. The lowest BCUT2D eigenvalue weighted by molar-refractivity contribution is -0.127. The molecule has 1 saturated heterocycles. The highest BCUT2D eigenvalue weighted by Gasteiger charge is 2.36. The normalized spacial score (nSPS) is 15.5. The van der Waals surface area contributed by atoms with Gasteiger partial charge in [0.25, 0.3) is 11.1 Å². The number of nitrogens with one attached hydrogen (secondary N) is 1. The topological polar surface area (TPSA) is 66.5 Å². The Hall–Kier alpha value is -2.09. The third-order valence-corrected chi connectivity index (χ3v) is 5.89. The van der Waals surface area contributed by atoms with E-state index in [1.165, 1.54) is 0 Å². The molecule has 8 heteroatoms. The summed E-state index contributed by atoms with van der Waals surface area (Å²) in [5.74, 6) is -0.957. The predicted molar refractivity (Wildman–Crippen MR) is 112 cm³/mol. The van der Waals surface area contributed by atoms with Gasteiger partial charge in [0.2, 0.25) is 5.91 Å². The molecule has 3 rings (SSSR count). The van der Waals surface area contributed by atoms with Gasteiger partial charge in [-0.3, -0.25) is 19.3 Å². The monoisotopic (exact) mass is 464 g/mol. The number of rotatable bonds is 4. The zero-order valence-electron chi connectivity index (χ0n) is 14.2. The van der Waals surface area contributed by atoms with E-state index in [9.17, 15) is 14.4 Å². The molecule has 1 aliphatic rings. The van der Waals surface area contributed by atoms with Crippen LogP contribution in [0.15, 0.2) is 51.8 Å². The second kappa shape index (κ2) is 8.29. The van der Waals surface area contributed by atoms with Crippen LogP contribution in [0.3, 0.4) is 0 Å². The van der Waals surface area contributed by atoms with Gasteiger partial charge >= 0.3 is 0 Å². The van der Waals surface area contributed by atoms with Crippen molar-refractivity contribution in [3.8, 4) is 0 Å². The number of nitrogens with zero attached hydrogens (tertiary/aromatic N) is 1. The van der Waals surface area contributed by atoms with Crippen LogP contribution in [-0.2, 0) is 9.59 Å². The van der Waals surface area contributed by atoms with Crippen LogP contribution in [0.4, 0.5) is 10.5 Å². The molecule has 3 amide bonds. The fourth-order valence-corrected chi connectivity index (χ4v) is 3.63. The lowest BCUT2D eigenvalue weighted by Crippen LogP contribution is -2.36. The first-order valence-corrected chi connectivity index (χ1v) is 9.89. The van der Waals surface area contributed by atoms with E-state index in [4.69, 9.17) is 11.6 Å². The Morgan fingerprint density at radius 3 is 2.59 bits per heavy atom. The number of imide groups is 1. The van der Waals surface area contributed by atoms with E-state index in [1.54, 1.807) is 24.3 Å². The molecular weight excluding hydrogens is 452 g/mol. The first-order chi connectivity index (χ1) is 12.8. The molecule has 0 aliphatic carbocycles. The zero-order valence-corrected chi connectivity index (χ0v) is 17.3. The van der Waals surface area contributed by atoms with E-state index in [2.05, 4.69) is 21.2 Å². The highest BCUT2D eigenvalue weighted by Crippen LogP contribution is 2.32. The molecule has 1 fully saturated rings. The molecule has 138 valence electrons. The maximum absolute atomic E-state index is 12.5. The average molecular weight is 466 g/mol. The molecule has 2 aromatic carbocycles. The summed E-state index contributed by atoms with van der Waals surface area (Å²) >= 11 is 10.1. The van der Waals surface area contributed by atoms with E-state index in [0.717, 1.165) is 27.8 Å². The molecule has 0 aromatic heterocycles. The van der Waals surface area contributed by atoms with Gasteiger partial charge in [-0.15, -0.1) is 0 Å². The number of amides is 3. The third-order valence-electron chi connectivity index (χ3n) is 3.75. The summed E-state index contributed by atoms with van der Waals surface area (Å²) in [6, 6.07) is 12.5. The van der Waals surface area contributed by atoms with Gasteiger partial charge in [0.1, 0.15) is 6.54 Å². The van der Waals surface area contributed by atoms with Gasteiger partial charge in [-0.05, 0) is 64.5 Å². The summed E-state index contributed by atoms with van der Waals surface area (Å²) in [7, 11) is 0. The van der Waals surface area contributed by atoms with Crippen LogP contribution >= 0.6 is 39.3 Å². The predicted octanol–water partition coefficient (Wildman–Crippen LogP) is 5.09. The molecule has 0 atom stereocenters. The lowest BCUT2D eigenvalue weighted by atomic mass is 10.1. The minimum Gasteiger partial charge on any atom is -0.324 e. The molecule has 0 saturated carbocycles. The van der Waals surface area contributed by atoms with Crippen molar-refractivity contribution in [3.63, 3.8) is 0 Å². The summed E-state index contributed by atoms with van der Waals surface area (Å²) in [6.45, 7) is 1.61. The van der Waals surface area contributed by atoms with Crippen LogP contribution in [0.25, 0.3) is 6.08 Å². The first-order valence-electron chi connectivity index (χ1n) is 7.90. The number of thioether (sulfide) groups is 1. The van der Waals surface area contributed by atoms with Gasteiger partial charge in [-0.2, -0.15) is 0 Å². The van der Waals surface area contributed by atoms with E-state index < -0.39 is 17.1 Å². The van der Waals surface area contributed by atoms with Crippen LogP contribution in [0.5, 0.6) is 0 Å².